The van der Waals surface area contributed by atoms with E-state index >= 15 is 0 Å². The van der Waals surface area contributed by atoms with Crippen LogP contribution in [0.1, 0.15) is 5.56 Å². The van der Waals surface area contributed by atoms with E-state index in [0.29, 0.717) is 22.4 Å². The quantitative estimate of drug-likeness (QED) is 0.643. The van der Waals surface area contributed by atoms with Crippen molar-refractivity contribution in [3.63, 3.8) is 0 Å². The number of benzene rings is 2. The van der Waals surface area contributed by atoms with E-state index in [1.165, 1.54) is 16.4 Å². The second-order valence-electron chi connectivity index (χ2n) is 5.08. The summed E-state index contributed by atoms with van der Waals surface area (Å²) in [6.07, 6.45) is 0. The molecule has 3 aromatic rings. The minimum atomic E-state index is -0.125. The Labute approximate surface area is 153 Å². The van der Waals surface area contributed by atoms with E-state index in [1.54, 1.807) is 36.4 Å². The first-order chi connectivity index (χ1) is 12.1. The number of phenolic OH excluding ortho intramolecular Hbond substituents is 1. The lowest BCUT2D eigenvalue weighted by Crippen LogP contribution is -2.24. The molecule has 1 amide bonds. The van der Waals surface area contributed by atoms with Gasteiger partial charge in [-0.1, -0.05) is 35.5 Å². The van der Waals surface area contributed by atoms with Gasteiger partial charge in [0.2, 0.25) is 11.1 Å². The smallest absolute Gasteiger partial charge is 0.230 e. The molecule has 0 saturated heterocycles. The van der Waals surface area contributed by atoms with Crippen molar-refractivity contribution < 1.29 is 9.90 Å². The van der Waals surface area contributed by atoms with Crippen LogP contribution in [0, 0.1) is 0 Å². The van der Waals surface area contributed by atoms with E-state index in [1.807, 2.05) is 12.1 Å². The molecule has 0 unspecified atom stereocenters. The molecule has 7 nitrogen and oxygen atoms in total. The molecule has 0 saturated carbocycles. The molecule has 25 heavy (non-hydrogen) atoms. The van der Waals surface area contributed by atoms with Gasteiger partial charge in [0.1, 0.15) is 5.75 Å². The fourth-order valence-corrected chi connectivity index (χ4v) is 2.86. The first kappa shape index (κ1) is 17.2. The maximum absolute atomic E-state index is 12.0. The van der Waals surface area contributed by atoms with Crippen LogP contribution in [0.3, 0.4) is 0 Å². The lowest BCUT2D eigenvalue weighted by molar-refractivity contribution is -0.118. The van der Waals surface area contributed by atoms with E-state index in [0.717, 1.165) is 5.56 Å². The highest BCUT2D eigenvalue weighted by atomic mass is 35.5. The van der Waals surface area contributed by atoms with Gasteiger partial charge in [0.15, 0.2) is 0 Å². The molecular formula is C16H14ClN5O2S. The molecule has 0 aliphatic heterocycles. The number of tetrazole rings is 1. The molecule has 0 atom stereocenters. The molecule has 128 valence electrons. The average Bonchev–Trinajstić information content (AvgIpc) is 3.09. The highest BCUT2D eigenvalue weighted by molar-refractivity contribution is 7.99. The van der Waals surface area contributed by atoms with E-state index in [2.05, 4.69) is 20.8 Å². The largest absolute Gasteiger partial charge is 0.508 e. The third-order valence-electron chi connectivity index (χ3n) is 3.27. The van der Waals surface area contributed by atoms with Gasteiger partial charge >= 0.3 is 0 Å². The Hall–Kier alpha value is -2.58. The van der Waals surface area contributed by atoms with Crippen LogP contribution >= 0.6 is 23.4 Å². The fraction of sp³-hybridized carbons (Fsp3) is 0.125. The summed E-state index contributed by atoms with van der Waals surface area (Å²) in [5.74, 6) is 0.222. The molecule has 0 aliphatic rings. The lowest BCUT2D eigenvalue weighted by Gasteiger charge is -2.06. The van der Waals surface area contributed by atoms with Crippen LogP contribution in [-0.2, 0) is 11.3 Å². The molecule has 3 rings (SSSR count). The Morgan fingerprint density at radius 1 is 1.16 bits per heavy atom. The van der Waals surface area contributed by atoms with E-state index in [9.17, 15) is 9.90 Å². The van der Waals surface area contributed by atoms with Crippen molar-refractivity contribution >= 4 is 29.3 Å². The van der Waals surface area contributed by atoms with Crippen LogP contribution < -0.4 is 5.32 Å². The number of phenols is 1. The second-order valence-corrected chi connectivity index (χ2v) is 6.46. The molecule has 0 radical (unpaired) electrons. The van der Waals surface area contributed by atoms with Crippen molar-refractivity contribution in [1.82, 2.24) is 25.5 Å². The van der Waals surface area contributed by atoms with Gasteiger partial charge in [0.05, 0.1) is 11.4 Å². The number of carbonyl (C=O) groups is 1. The number of thioether (sulfide) groups is 1. The Morgan fingerprint density at radius 3 is 2.60 bits per heavy atom. The minimum absolute atomic E-state index is 0.125. The van der Waals surface area contributed by atoms with Crippen LogP contribution in [0.5, 0.6) is 5.75 Å². The van der Waals surface area contributed by atoms with Gasteiger partial charge in [-0.3, -0.25) is 4.79 Å². The number of hydrogen-bond acceptors (Lipinski definition) is 6. The third-order valence-corrected chi connectivity index (χ3v) is 4.44. The zero-order valence-electron chi connectivity index (χ0n) is 13.0. The van der Waals surface area contributed by atoms with Crippen LogP contribution in [-0.4, -0.2) is 37.0 Å². The van der Waals surface area contributed by atoms with Gasteiger partial charge in [-0.15, -0.1) is 5.10 Å². The summed E-state index contributed by atoms with van der Waals surface area (Å²) in [4.78, 5) is 12.0. The summed E-state index contributed by atoms with van der Waals surface area (Å²) in [7, 11) is 0. The second kappa shape index (κ2) is 8.00. The van der Waals surface area contributed by atoms with Crippen LogP contribution in [0.15, 0.2) is 53.7 Å². The minimum Gasteiger partial charge on any atom is -0.508 e. The predicted octanol–water partition coefficient (Wildman–Crippen LogP) is 2.43. The molecule has 2 aromatic carbocycles. The van der Waals surface area contributed by atoms with Gasteiger partial charge in [-0.05, 0) is 52.4 Å². The molecule has 0 bridgehead atoms. The van der Waals surface area contributed by atoms with Crippen molar-refractivity contribution in [2.75, 3.05) is 5.75 Å². The van der Waals surface area contributed by atoms with Gasteiger partial charge in [0, 0.05) is 11.6 Å². The fourth-order valence-electron chi connectivity index (χ4n) is 2.01. The van der Waals surface area contributed by atoms with Gasteiger partial charge < -0.3 is 10.4 Å². The van der Waals surface area contributed by atoms with Crippen molar-refractivity contribution in [1.29, 1.82) is 0 Å². The first-order valence-electron chi connectivity index (χ1n) is 7.33. The Balaban J connectivity index is 1.55. The highest BCUT2D eigenvalue weighted by Gasteiger charge is 2.11. The molecular weight excluding hydrogens is 362 g/mol. The number of carbonyl (C=O) groups excluding carboxylic acids is 1. The summed E-state index contributed by atoms with van der Waals surface area (Å²) < 4.78 is 1.51. The molecule has 0 spiro atoms. The Kier molecular flexibility index (Phi) is 5.52. The zero-order valence-corrected chi connectivity index (χ0v) is 14.5. The van der Waals surface area contributed by atoms with Crippen molar-refractivity contribution in [3.05, 3.63) is 59.1 Å². The lowest BCUT2D eigenvalue weighted by atomic mass is 10.2. The van der Waals surface area contributed by atoms with Gasteiger partial charge in [-0.25, -0.2) is 0 Å². The highest BCUT2D eigenvalue weighted by Crippen LogP contribution is 2.19. The van der Waals surface area contributed by atoms with Crippen LogP contribution in [0.2, 0.25) is 5.02 Å². The van der Waals surface area contributed by atoms with Crippen molar-refractivity contribution in [3.8, 4) is 11.4 Å². The number of hydrogen-bond donors (Lipinski definition) is 2. The number of nitrogens with one attached hydrogen (secondary N) is 1. The summed E-state index contributed by atoms with van der Waals surface area (Å²) in [5.41, 5.74) is 1.67. The van der Waals surface area contributed by atoms with Crippen molar-refractivity contribution in [2.45, 2.75) is 11.7 Å². The topological polar surface area (TPSA) is 92.9 Å². The van der Waals surface area contributed by atoms with Crippen molar-refractivity contribution in [2.24, 2.45) is 0 Å². The third kappa shape index (κ3) is 4.71. The first-order valence-corrected chi connectivity index (χ1v) is 8.70. The summed E-state index contributed by atoms with van der Waals surface area (Å²) in [5, 5.41) is 24.8. The molecule has 1 aromatic heterocycles. The van der Waals surface area contributed by atoms with Crippen LogP contribution in [0.4, 0.5) is 0 Å². The normalized spacial score (nSPS) is 10.6. The van der Waals surface area contributed by atoms with E-state index in [4.69, 9.17) is 11.6 Å². The number of halogens is 1. The maximum atomic E-state index is 12.0. The molecule has 0 aliphatic carbocycles. The van der Waals surface area contributed by atoms with Crippen LogP contribution in [0.25, 0.3) is 5.69 Å². The molecule has 9 heteroatoms. The molecule has 1 heterocycles. The summed E-state index contributed by atoms with van der Waals surface area (Å²) in [6.45, 7) is 0.430. The number of rotatable bonds is 6. The van der Waals surface area contributed by atoms with Gasteiger partial charge in [-0.2, -0.15) is 4.68 Å². The van der Waals surface area contributed by atoms with Gasteiger partial charge in [0.25, 0.3) is 0 Å². The number of aromatic nitrogens is 4. The average molecular weight is 376 g/mol. The zero-order chi connectivity index (χ0) is 17.6. The SMILES string of the molecule is O=C(CSc1nnnn1-c1ccc(O)cc1)NCc1ccc(Cl)cc1. The Morgan fingerprint density at radius 2 is 1.88 bits per heavy atom. The standard InChI is InChI=1S/C16H14ClN5O2S/c17-12-3-1-11(2-4-12)9-18-15(24)10-25-16-19-20-21-22(16)13-5-7-14(23)8-6-13/h1-8,23H,9-10H2,(H,18,24). The molecule has 0 fully saturated rings. The van der Waals surface area contributed by atoms with E-state index < -0.39 is 0 Å². The number of amides is 1. The monoisotopic (exact) mass is 375 g/mol. The van der Waals surface area contributed by atoms with E-state index in [-0.39, 0.29) is 17.4 Å². The predicted molar refractivity (Wildman–Crippen MR) is 94.8 cm³/mol. The Bertz CT molecular complexity index is 852. The summed E-state index contributed by atoms with van der Waals surface area (Å²) >= 11 is 7.06. The number of nitrogens with zero attached hydrogens (tertiary/aromatic N) is 4. The maximum Gasteiger partial charge on any atom is 0.230 e. The molecule has 2 N–H and O–H groups in total. The number of aromatic hydroxyl groups is 1. The summed E-state index contributed by atoms with van der Waals surface area (Å²) in [6, 6.07) is 13.8.